The highest BCUT2D eigenvalue weighted by Gasteiger charge is 2.12. The highest BCUT2D eigenvalue weighted by atomic mass is 16.5. The first kappa shape index (κ1) is 19.6. The molecule has 0 unspecified atom stereocenters. The summed E-state index contributed by atoms with van der Waals surface area (Å²) in [6, 6.07) is 7.73. The molecule has 1 aromatic rings. The molecule has 2 amide bonds. The van der Waals surface area contributed by atoms with Crippen molar-refractivity contribution in [3.8, 4) is 5.75 Å². The van der Waals surface area contributed by atoms with Crippen LogP contribution >= 0.6 is 0 Å². The summed E-state index contributed by atoms with van der Waals surface area (Å²) in [4.78, 5) is 12.3. The highest BCUT2D eigenvalue weighted by molar-refractivity contribution is 5.89. The maximum Gasteiger partial charge on any atom is 0.319 e. The first-order valence-electron chi connectivity index (χ1n) is 10.1. The standard InChI is InChI=1S/C21H34N2O2/c1-2-25-20-16-14-19(15-17-20)23-21(24)22-18-12-10-8-6-4-3-5-7-9-11-13-18/h14-18H,2-13H2,1H3,(H2,22,23,24). The molecule has 0 aromatic heterocycles. The van der Waals surface area contributed by atoms with Crippen LogP contribution in [0.2, 0.25) is 0 Å². The Labute approximate surface area is 152 Å². The fourth-order valence-electron chi connectivity index (χ4n) is 3.46. The molecular formula is C21H34N2O2. The Kier molecular flexibility index (Phi) is 9.24. The molecule has 0 atom stereocenters. The van der Waals surface area contributed by atoms with E-state index in [1.165, 1.54) is 57.8 Å². The van der Waals surface area contributed by atoms with E-state index < -0.39 is 0 Å². The zero-order valence-corrected chi connectivity index (χ0v) is 15.7. The summed E-state index contributed by atoms with van der Waals surface area (Å²) < 4.78 is 5.43. The van der Waals surface area contributed by atoms with Crippen molar-refractivity contribution in [2.24, 2.45) is 0 Å². The molecule has 0 heterocycles. The van der Waals surface area contributed by atoms with Crippen molar-refractivity contribution in [1.29, 1.82) is 0 Å². The number of anilines is 1. The van der Waals surface area contributed by atoms with Gasteiger partial charge in [0, 0.05) is 11.7 Å². The molecule has 2 rings (SSSR count). The number of carbonyl (C=O) groups is 1. The SMILES string of the molecule is CCOc1ccc(NC(=O)NC2CCCCCCCCCCC2)cc1. The Hall–Kier alpha value is -1.71. The molecular weight excluding hydrogens is 312 g/mol. The summed E-state index contributed by atoms with van der Waals surface area (Å²) in [5, 5.41) is 6.12. The number of rotatable bonds is 4. The van der Waals surface area contributed by atoms with E-state index in [9.17, 15) is 4.79 Å². The predicted molar refractivity (Wildman–Crippen MR) is 104 cm³/mol. The Bertz CT molecular complexity index is 475. The van der Waals surface area contributed by atoms with Gasteiger partial charge in [0.05, 0.1) is 6.61 Å². The van der Waals surface area contributed by atoms with Crippen LogP contribution in [0.25, 0.3) is 0 Å². The first-order valence-corrected chi connectivity index (χ1v) is 10.1. The summed E-state index contributed by atoms with van der Waals surface area (Å²) in [6.07, 6.45) is 14.0. The van der Waals surface area contributed by atoms with Crippen molar-refractivity contribution >= 4 is 11.7 Å². The minimum Gasteiger partial charge on any atom is -0.494 e. The van der Waals surface area contributed by atoms with Crippen molar-refractivity contribution in [2.45, 2.75) is 83.6 Å². The first-order chi connectivity index (χ1) is 12.3. The van der Waals surface area contributed by atoms with Gasteiger partial charge < -0.3 is 15.4 Å². The minimum absolute atomic E-state index is 0.0961. The Morgan fingerprint density at radius 2 is 1.44 bits per heavy atom. The topological polar surface area (TPSA) is 50.4 Å². The van der Waals surface area contributed by atoms with Gasteiger partial charge in [-0.2, -0.15) is 0 Å². The number of benzene rings is 1. The van der Waals surface area contributed by atoms with Crippen LogP contribution in [0.4, 0.5) is 10.5 Å². The number of amides is 2. The Morgan fingerprint density at radius 1 is 0.920 bits per heavy atom. The number of carbonyl (C=O) groups excluding carboxylic acids is 1. The van der Waals surface area contributed by atoms with E-state index in [4.69, 9.17) is 4.74 Å². The number of urea groups is 1. The van der Waals surface area contributed by atoms with Crippen molar-refractivity contribution in [2.75, 3.05) is 11.9 Å². The molecule has 1 aliphatic carbocycles. The van der Waals surface area contributed by atoms with E-state index in [1.54, 1.807) is 0 Å². The zero-order valence-electron chi connectivity index (χ0n) is 15.7. The lowest BCUT2D eigenvalue weighted by atomic mass is 9.98. The largest absolute Gasteiger partial charge is 0.494 e. The number of hydrogen-bond donors (Lipinski definition) is 2. The maximum absolute atomic E-state index is 12.3. The Morgan fingerprint density at radius 3 is 1.96 bits per heavy atom. The molecule has 4 heteroatoms. The third kappa shape index (κ3) is 8.28. The van der Waals surface area contributed by atoms with Gasteiger partial charge in [-0.3, -0.25) is 0 Å². The van der Waals surface area contributed by atoms with Gasteiger partial charge in [-0.1, -0.05) is 57.8 Å². The van der Waals surface area contributed by atoms with E-state index in [-0.39, 0.29) is 6.03 Å². The molecule has 2 N–H and O–H groups in total. The minimum atomic E-state index is -0.0961. The molecule has 1 saturated carbocycles. The van der Waals surface area contributed by atoms with E-state index in [0.717, 1.165) is 24.3 Å². The maximum atomic E-state index is 12.3. The second-order valence-electron chi connectivity index (χ2n) is 7.01. The molecule has 0 spiro atoms. The summed E-state index contributed by atoms with van der Waals surface area (Å²) in [5.74, 6) is 0.827. The van der Waals surface area contributed by atoms with Gasteiger partial charge in [-0.05, 0) is 44.0 Å². The van der Waals surface area contributed by atoms with Crippen molar-refractivity contribution < 1.29 is 9.53 Å². The normalized spacial score (nSPS) is 17.8. The van der Waals surface area contributed by atoms with Crippen molar-refractivity contribution in [1.82, 2.24) is 5.32 Å². The number of ether oxygens (including phenoxy) is 1. The molecule has 0 bridgehead atoms. The second-order valence-corrected chi connectivity index (χ2v) is 7.01. The van der Waals surface area contributed by atoms with Gasteiger partial charge in [0.1, 0.15) is 5.75 Å². The number of hydrogen-bond acceptors (Lipinski definition) is 2. The summed E-state index contributed by atoms with van der Waals surface area (Å²) in [6.45, 7) is 2.61. The lowest BCUT2D eigenvalue weighted by Crippen LogP contribution is -2.38. The molecule has 0 radical (unpaired) electrons. The van der Waals surface area contributed by atoms with Gasteiger partial charge in [0.25, 0.3) is 0 Å². The van der Waals surface area contributed by atoms with Crippen LogP contribution < -0.4 is 15.4 Å². The van der Waals surface area contributed by atoms with E-state index >= 15 is 0 Å². The molecule has 140 valence electrons. The average Bonchev–Trinajstić information content (AvgIpc) is 2.59. The number of nitrogens with one attached hydrogen (secondary N) is 2. The molecule has 25 heavy (non-hydrogen) atoms. The third-order valence-electron chi connectivity index (χ3n) is 4.86. The second kappa shape index (κ2) is 11.8. The lowest BCUT2D eigenvalue weighted by Gasteiger charge is -2.20. The van der Waals surface area contributed by atoms with Gasteiger partial charge in [0.15, 0.2) is 0 Å². The quantitative estimate of drug-likeness (QED) is 0.715. The molecule has 4 nitrogen and oxygen atoms in total. The van der Waals surface area contributed by atoms with Crippen LogP contribution in [0.5, 0.6) is 5.75 Å². The zero-order chi connectivity index (χ0) is 17.7. The van der Waals surface area contributed by atoms with Crippen LogP contribution in [0.1, 0.15) is 77.6 Å². The fourth-order valence-corrected chi connectivity index (χ4v) is 3.46. The van der Waals surface area contributed by atoms with Gasteiger partial charge in [-0.25, -0.2) is 4.79 Å². The third-order valence-corrected chi connectivity index (χ3v) is 4.86. The van der Waals surface area contributed by atoms with Gasteiger partial charge >= 0.3 is 6.03 Å². The van der Waals surface area contributed by atoms with Crippen molar-refractivity contribution in [3.63, 3.8) is 0 Å². The van der Waals surface area contributed by atoms with E-state index in [2.05, 4.69) is 10.6 Å². The molecule has 1 aliphatic rings. The summed E-state index contributed by atoms with van der Waals surface area (Å²) >= 11 is 0. The Balaban J connectivity index is 1.79. The van der Waals surface area contributed by atoms with Gasteiger partial charge in [0.2, 0.25) is 0 Å². The summed E-state index contributed by atoms with van der Waals surface area (Å²) in [7, 11) is 0. The van der Waals surface area contributed by atoms with Crippen LogP contribution in [-0.2, 0) is 0 Å². The molecule has 0 saturated heterocycles. The van der Waals surface area contributed by atoms with Crippen LogP contribution in [0, 0.1) is 0 Å². The van der Waals surface area contributed by atoms with Crippen LogP contribution in [0.15, 0.2) is 24.3 Å². The lowest BCUT2D eigenvalue weighted by molar-refractivity contribution is 0.246. The van der Waals surface area contributed by atoms with Crippen LogP contribution in [-0.4, -0.2) is 18.7 Å². The van der Waals surface area contributed by atoms with E-state index in [1.807, 2.05) is 31.2 Å². The highest BCUT2D eigenvalue weighted by Crippen LogP contribution is 2.18. The van der Waals surface area contributed by atoms with E-state index in [0.29, 0.717) is 12.6 Å². The van der Waals surface area contributed by atoms with Gasteiger partial charge in [-0.15, -0.1) is 0 Å². The predicted octanol–water partition coefficient (Wildman–Crippen LogP) is 5.88. The van der Waals surface area contributed by atoms with Crippen LogP contribution in [0.3, 0.4) is 0 Å². The smallest absolute Gasteiger partial charge is 0.319 e. The average molecular weight is 347 g/mol. The molecule has 1 fully saturated rings. The van der Waals surface area contributed by atoms with Crippen molar-refractivity contribution in [3.05, 3.63) is 24.3 Å². The molecule has 1 aromatic carbocycles. The fraction of sp³-hybridized carbons (Fsp3) is 0.667. The monoisotopic (exact) mass is 346 g/mol. The molecule has 0 aliphatic heterocycles. The summed E-state index contributed by atoms with van der Waals surface area (Å²) in [5.41, 5.74) is 0.800.